The molecule has 1 aromatic heterocycles. The first-order valence-electron chi connectivity index (χ1n) is 5.96. The third-order valence-electron chi connectivity index (χ3n) is 3.18. The lowest BCUT2D eigenvalue weighted by molar-refractivity contribution is -0.108. The zero-order valence-corrected chi connectivity index (χ0v) is 9.84. The Kier molecular flexibility index (Phi) is 2.69. The van der Waals surface area contributed by atoms with Gasteiger partial charge in [0.25, 0.3) is 0 Å². The second-order valence-corrected chi connectivity index (χ2v) is 4.34. The number of hydrogen-bond donors (Lipinski definition) is 1. The van der Waals surface area contributed by atoms with Crippen LogP contribution < -0.4 is 0 Å². The highest BCUT2D eigenvalue weighted by Gasteiger charge is 2.14. The molecule has 2 aromatic carbocycles. The van der Waals surface area contributed by atoms with E-state index in [1.165, 1.54) is 0 Å². The van der Waals surface area contributed by atoms with Gasteiger partial charge in [0.05, 0.1) is 5.92 Å². The van der Waals surface area contributed by atoms with Crippen LogP contribution in [0, 0.1) is 0 Å². The standard InChI is InChI=1S/C16H13NO/c18-11-14(12-6-2-1-3-7-12)16-10-13-8-4-5-9-15(13)17-16/h1-11,14,17H. The Hall–Kier alpha value is -2.35. The summed E-state index contributed by atoms with van der Waals surface area (Å²) in [5, 5.41) is 1.13. The quantitative estimate of drug-likeness (QED) is 0.692. The van der Waals surface area contributed by atoms with E-state index in [0.29, 0.717) is 0 Å². The summed E-state index contributed by atoms with van der Waals surface area (Å²) in [6, 6.07) is 19.9. The maximum absolute atomic E-state index is 11.4. The van der Waals surface area contributed by atoms with Crippen LogP contribution in [-0.4, -0.2) is 11.3 Å². The maximum atomic E-state index is 11.4. The molecule has 0 aliphatic rings. The molecule has 3 rings (SSSR count). The molecule has 3 aromatic rings. The number of aldehydes is 1. The molecule has 0 aliphatic carbocycles. The van der Waals surface area contributed by atoms with Crippen molar-refractivity contribution in [3.63, 3.8) is 0 Å². The average molecular weight is 235 g/mol. The summed E-state index contributed by atoms with van der Waals surface area (Å²) in [5.74, 6) is -0.224. The van der Waals surface area contributed by atoms with E-state index in [-0.39, 0.29) is 5.92 Å². The molecule has 1 heterocycles. The van der Waals surface area contributed by atoms with Crippen molar-refractivity contribution in [1.82, 2.24) is 4.98 Å². The minimum Gasteiger partial charge on any atom is -0.358 e. The number of benzene rings is 2. The smallest absolute Gasteiger partial charge is 0.133 e. The van der Waals surface area contributed by atoms with E-state index in [0.717, 1.165) is 28.4 Å². The summed E-state index contributed by atoms with van der Waals surface area (Å²) in [7, 11) is 0. The van der Waals surface area contributed by atoms with Crippen LogP contribution in [0.2, 0.25) is 0 Å². The number of nitrogens with one attached hydrogen (secondary N) is 1. The molecule has 0 bridgehead atoms. The van der Waals surface area contributed by atoms with E-state index in [1.54, 1.807) is 0 Å². The fourth-order valence-electron chi connectivity index (χ4n) is 2.26. The van der Waals surface area contributed by atoms with Gasteiger partial charge in [0.1, 0.15) is 6.29 Å². The first-order valence-corrected chi connectivity index (χ1v) is 5.96. The number of rotatable bonds is 3. The van der Waals surface area contributed by atoms with Gasteiger partial charge in [-0.25, -0.2) is 0 Å². The van der Waals surface area contributed by atoms with Crippen LogP contribution in [0.4, 0.5) is 0 Å². The van der Waals surface area contributed by atoms with Crippen molar-refractivity contribution in [3.05, 3.63) is 71.9 Å². The Bertz CT molecular complexity index is 637. The van der Waals surface area contributed by atoms with Crippen molar-refractivity contribution in [3.8, 4) is 0 Å². The minimum atomic E-state index is -0.224. The molecule has 0 saturated heterocycles. The zero-order chi connectivity index (χ0) is 12.4. The van der Waals surface area contributed by atoms with E-state index in [2.05, 4.69) is 4.98 Å². The van der Waals surface area contributed by atoms with Gasteiger partial charge in [0.15, 0.2) is 0 Å². The van der Waals surface area contributed by atoms with Crippen LogP contribution in [0.5, 0.6) is 0 Å². The molecule has 0 radical (unpaired) electrons. The second-order valence-electron chi connectivity index (χ2n) is 4.34. The Morgan fingerprint density at radius 2 is 1.67 bits per heavy atom. The summed E-state index contributed by atoms with van der Waals surface area (Å²) in [4.78, 5) is 14.7. The Morgan fingerprint density at radius 1 is 0.944 bits per heavy atom. The monoisotopic (exact) mass is 235 g/mol. The first kappa shape index (κ1) is 10.8. The predicted octanol–water partition coefficient (Wildman–Crippen LogP) is 3.50. The van der Waals surface area contributed by atoms with Gasteiger partial charge in [0, 0.05) is 11.2 Å². The number of H-pyrrole nitrogens is 1. The number of hydrogen-bond acceptors (Lipinski definition) is 1. The highest BCUT2D eigenvalue weighted by molar-refractivity contribution is 5.82. The lowest BCUT2D eigenvalue weighted by atomic mass is 9.97. The predicted molar refractivity (Wildman–Crippen MR) is 72.6 cm³/mol. The Morgan fingerprint density at radius 3 is 2.39 bits per heavy atom. The molecule has 18 heavy (non-hydrogen) atoms. The molecule has 0 spiro atoms. The number of carbonyl (C=O) groups is 1. The van der Waals surface area contributed by atoms with Crippen molar-refractivity contribution in [1.29, 1.82) is 0 Å². The molecule has 1 N–H and O–H groups in total. The topological polar surface area (TPSA) is 32.9 Å². The minimum absolute atomic E-state index is 0.224. The van der Waals surface area contributed by atoms with Crippen molar-refractivity contribution in [2.75, 3.05) is 0 Å². The molecule has 2 nitrogen and oxygen atoms in total. The van der Waals surface area contributed by atoms with E-state index in [1.807, 2.05) is 60.7 Å². The first-order chi connectivity index (χ1) is 8.88. The lowest BCUT2D eigenvalue weighted by Crippen LogP contribution is -2.02. The lowest BCUT2D eigenvalue weighted by Gasteiger charge is -2.08. The summed E-state index contributed by atoms with van der Waals surface area (Å²) in [6.07, 6.45) is 0.986. The van der Waals surface area contributed by atoms with Gasteiger partial charge in [-0.3, -0.25) is 0 Å². The largest absolute Gasteiger partial charge is 0.358 e. The fourth-order valence-corrected chi connectivity index (χ4v) is 2.26. The summed E-state index contributed by atoms with van der Waals surface area (Å²) in [6.45, 7) is 0. The van der Waals surface area contributed by atoms with Gasteiger partial charge < -0.3 is 9.78 Å². The third kappa shape index (κ3) is 1.82. The Labute approximate surface area is 105 Å². The summed E-state index contributed by atoms with van der Waals surface area (Å²) >= 11 is 0. The molecule has 0 saturated carbocycles. The van der Waals surface area contributed by atoms with Crippen LogP contribution in [0.15, 0.2) is 60.7 Å². The van der Waals surface area contributed by atoms with Crippen LogP contribution in [-0.2, 0) is 4.79 Å². The number of para-hydroxylation sites is 1. The molecule has 88 valence electrons. The van der Waals surface area contributed by atoms with Crippen LogP contribution in [0.1, 0.15) is 17.2 Å². The van der Waals surface area contributed by atoms with Crippen LogP contribution in [0.25, 0.3) is 10.9 Å². The van der Waals surface area contributed by atoms with Crippen LogP contribution in [0.3, 0.4) is 0 Å². The molecular formula is C16H13NO. The number of aromatic amines is 1. The SMILES string of the molecule is O=CC(c1ccccc1)c1cc2ccccc2[nH]1. The van der Waals surface area contributed by atoms with Crippen molar-refractivity contribution in [2.45, 2.75) is 5.92 Å². The molecule has 2 heteroatoms. The molecule has 1 atom stereocenters. The normalized spacial score (nSPS) is 12.4. The summed E-state index contributed by atoms with van der Waals surface area (Å²) < 4.78 is 0. The zero-order valence-electron chi connectivity index (χ0n) is 9.84. The number of carbonyl (C=O) groups excluding carboxylic acids is 1. The fraction of sp³-hybridized carbons (Fsp3) is 0.0625. The van der Waals surface area contributed by atoms with E-state index in [9.17, 15) is 4.79 Å². The van der Waals surface area contributed by atoms with E-state index < -0.39 is 0 Å². The highest BCUT2D eigenvalue weighted by atomic mass is 16.1. The Balaban J connectivity index is 2.09. The molecule has 0 amide bonds. The van der Waals surface area contributed by atoms with Crippen molar-refractivity contribution in [2.24, 2.45) is 0 Å². The third-order valence-corrected chi connectivity index (χ3v) is 3.18. The van der Waals surface area contributed by atoms with E-state index in [4.69, 9.17) is 0 Å². The van der Waals surface area contributed by atoms with Crippen molar-refractivity contribution < 1.29 is 4.79 Å². The second kappa shape index (κ2) is 4.49. The average Bonchev–Trinajstić information content (AvgIpc) is 2.84. The molecular weight excluding hydrogens is 222 g/mol. The van der Waals surface area contributed by atoms with Crippen LogP contribution >= 0.6 is 0 Å². The molecule has 0 aliphatic heterocycles. The van der Waals surface area contributed by atoms with Gasteiger partial charge in [0.2, 0.25) is 0 Å². The molecule has 1 unspecified atom stereocenters. The van der Waals surface area contributed by atoms with Gasteiger partial charge in [-0.05, 0) is 23.1 Å². The van der Waals surface area contributed by atoms with Gasteiger partial charge in [-0.15, -0.1) is 0 Å². The number of fused-ring (bicyclic) bond motifs is 1. The van der Waals surface area contributed by atoms with Crippen molar-refractivity contribution >= 4 is 17.2 Å². The van der Waals surface area contributed by atoms with Gasteiger partial charge in [-0.1, -0.05) is 48.5 Å². The maximum Gasteiger partial charge on any atom is 0.133 e. The van der Waals surface area contributed by atoms with Gasteiger partial charge in [-0.2, -0.15) is 0 Å². The van der Waals surface area contributed by atoms with Gasteiger partial charge >= 0.3 is 0 Å². The molecule has 0 fully saturated rings. The highest BCUT2D eigenvalue weighted by Crippen LogP contribution is 2.25. The van der Waals surface area contributed by atoms with E-state index >= 15 is 0 Å². The number of aromatic nitrogens is 1. The summed E-state index contributed by atoms with van der Waals surface area (Å²) in [5.41, 5.74) is 3.02.